The smallest absolute Gasteiger partial charge is 0.872 e. The summed E-state index contributed by atoms with van der Waals surface area (Å²) in [5.74, 6) is -0.628. The predicted molar refractivity (Wildman–Crippen MR) is 91.3 cm³/mol. The summed E-state index contributed by atoms with van der Waals surface area (Å²) >= 11 is 0. The first-order valence-corrected chi connectivity index (χ1v) is 10.2. The molecular formula is C18H29NaO4S. The second-order valence-corrected chi connectivity index (χ2v) is 7.51. The van der Waals surface area contributed by atoms with Crippen LogP contribution >= 0.6 is 0 Å². The SMILES string of the molecule is CCCCCCCCCCCCc1cccc([O-])c1S(=O)(=O)O.[Na+]. The van der Waals surface area contributed by atoms with Crippen LogP contribution in [0.4, 0.5) is 0 Å². The van der Waals surface area contributed by atoms with Crippen LogP contribution in [0.25, 0.3) is 0 Å². The number of unbranched alkanes of at least 4 members (excludes halogenated alkanes) is 9. The van der Waals surface area contributed by atoms with Gasteiger partial charge in [0.15, 0.2) is 0 Å². The molecule has 0 spiro atoms. The minimum Gasteiger partial charge on any atom is -0.872 e. The molecule has 6 heteroatoms. The van der Waals surface area contributed by atoms with E-state index in [0.717, 1.165) is 19.3 Å². The normalized spacial score (nSPS) is 11.2. The zero-order valence-corrected chi connectivity index (χ0v) is 17.9. The van der Waals surface area contributed by atoms with E-state index in [-0.39, 0.29) is 29.6 Å². The molecule has 0 saturated heterocycles. The monoisotopic (exact) mass is 364 g/mol. The van der Waals surface area contributed by atoms with Crippen molar-refractivity contribution in [2.24, 2.45) is 0 Å². The first-order chi connectivity index (χ1) is 11.0. The molecule has 1 N–H and O–H groups in total. The molecular weight excluding hydrogens is 335 g/mol. The van der Waals surface area contributed by atoms with Crippen molar-refractivity contribution in [3.05, 3.63) is 23.8 Å². The first-order valence-electron chi connectivity index (χ1n) is 8.73. The fourth-order valence-corrected chi connectivity index (χ4v) is 3.68. The van der Waals surface area contributed by atoms with E-state index in [0.29, 0.717) is 12.0 Å². The van der Waals surface area contributed by atoms with Crippen molar-refractivity contribution in [1.82, 2.24) is 0 Å². The van der Waals surface area contributed by atoms with Crippen LogP contribution in [0.1, 0.15) is 76.7 Å². The summed E-state index contributed by atoms with van der Waals surface area (Å²) in [6, 6.07) is 4.33. The summed E-state index contributed by atoms with van der Waals surface area (Å²) in [4.78, 5) is -0.448. The Morgan fingerprint density at radius 2 is 1.42 bits per heavy atom. The zero-order chi connectivity index (χ0) is 17.1. The van der Waals surface area contributed by atoms with E-state index in [9.17, 15) is 18.1 Å². The molecule has 0 atom stereocenters. The summed E-state index contributed by atoms with van der Waals surface area (Å²) in [6.45, 7) is 2.22. The molecule has 0 saturated carbocycles. The van der Waals surface area contributed by atoms with Crippen LogP contribution in [0, 0.1) is 0 Å². The maximum absolute atomic E-state index is 11.6. The number of hydrogen-bond donors (Lipinski definition) is 1. The first kappa shape index (κ1) is 23.9. The number of hydrogen-bond acceptors (Lipinski definition) is 3. The van der Waals surface area contributed by atoms with Crippen LogP contribution in [-0.2, 0) is 16.5 Å². The Morgan fingerprint density at radius 1 is 0.917 bits per heavy atom. The van der Waals surface area contributed by atoms with Gasteiger partial charge in [-0.2, -0.15) is 8.42 Å². The zero-order valence-electron chi connectivity index (χ0n) is 15.1. The molecule has 1 aromatic carbocycles. The Bertz CT molecular complexity index is 558. The summed E-state index contributed by atoms with van der Waals surface area (Å²) in [6.07, 6.45) is 12.5. The van der Waals surface area contributed by atoms with E-state index in [1.165, 1.54) is 51.0 Å². The van der Waals surface area contributed by atoms with E-state index in [2.05, 4.69) is 6.92 Å². The van der Waals surface area contributed by atoms with Gasteiger partial charge in [0.05, 0.1) is 4.90 Å². The van der Waals surface area contributed by atoms with Gasteiger partial charge in [-0.1, -0.05) is 88.7 Å². The molecule has 0 aliphatic heterocycles. The Morgan fingerprint density at radius 3 is 1.92 bits per heavy atom. The molecule has 0 heterocycles. The van der Waals surface area contributed by atoms with Crippen molar-refractivity contribution >= 4 is 10.1 Å². The van der Waals surface area contributed by atoms with E-state index in [1.54, 1.807) is 12.1 Å². The molecule has 4 nitrogen and oxygen atoms in total. The molecule has 0 amide bonds. The molecule has 0 bridgehead atoms. The maximum Gasteiger partial charge on any atom is 1.00 e. The Labute approximate surface area is 169 Å². The molecule has 1 rings (SSSR count). The molecule has 0 fully saturated rings. The van der Waals surface area contributed by atoms with Crippen LogP contribution in [0.15, 0.2) is 23.1 Å². The minimum absolute atomic E-state index is 0. The van der Waals surface area contributed by atoms with Crippen LogP contribution in [0.2, 0.25) is 0 Å². The summed E-state index contributed by atoms with van der Waals surface area (Å²) < 4.78 is 31.8. The summed E-state index contributed by atoms with van der Waals surface area (Å²) in [5, 5.41) is 11.6. The van der Waals surface area contributed by atoms with E-state index in [1.807, 2.05) is 0 Å². The molecule has 0 aromatic heterocycles. The van der Waals surface area contributed by atoms with E-state index < -0.39 is 20.8 Å². The van der Waals surface area contributed by atoms with Crippen molar-refractivity contribution in [3.63, 3.8) is 0 Å². The van der Waals surface area contributed by atoms with Gasteiger partial charge in [0.25, 0.3) is 10.1 Å². The van der Waals surface area contributed by atoms with Crippen molar-refractivity contribution in [2.45, 2.75) is 82.4 Å². The molecule has 0 unspecified atom stereocenters. The fourth-order valence-electron chi connectivity index (χ4n) is 2.85. The van der Waals surface area contributed by atoms with E-state index in [4.69, 9.17) is 0 Å². The predicted octanol–water partition coefficient (Wildman–Crippen LogP) is 1.47. The second kappa shape index (κ2) is 13.2. The number of rotatable bonds is 12. The topological polar surface area (TPSA) is 77.4 Å². The number of aryl methyl sites for hydroxylation is 1. The molecule has 0 aliphatic carbocycles. The third-order valence-corrected chi connectivity index (χ3v) is 5.10. The Balaban J connectivity index is 0.00000529. The Kier molecular flexibility index (Phi) is 13.1. The molecule has 24 heavy (non-hydrogen) atoms. The van der Waals surface area contributed by atoms with Crippen molar-refractivity contribution in [2.75, 3.05) is 0 Å². The van der Waals surface area contributed by atoms with Gasteiger partial charge >= 0.3 is 29.6 Å². The average molecular weight is 364 g/mol. The maximum atomic E-state index is 11.6. The van der Waals surface area contributed by atoms with Gasteiger partial charge in [-0.05, 0) is 18.4 Å². The Hall–Kier alpha value is -0.0700. The third kappa shape index (κ3) is 9.42. The fraction of sp³-hybridized carbons (Fsp3) is 0.667. The number of benzene rings is 1. The van der Waals surface area contributed by atoms with Gasteiger partial charge in [0.2, 0.25) is 0 Å². The second-order valence-electron chi connectivity index (χ2n) is 6.15. The van der Waals surface area contributed by atoms with Gasteiger partial charge in [-0.25, -0.2) is 0 Å². The third-order valence-electron chi connectivity index (χ3n) is 4.12. The van der Waals surface area contributed by atoms with Gasteiger partial charge in [0, 0.05) is 0 Å². The van der Waals surface area contributed by atoms with Crippen molar-refractivity contribution in [1.29, 1.82) is 0 Å². The molecule has 1 aromatic rings. The minimum atomic E-state index is -4.44. The van der Waals surface area contributed by atoms with Gasteiger partial charge in [0.1, 0.15) is 0 Å². The summed E-state index contributed by atoms with van der Waals surface area (Å²) in [7, 11) is -4.44. The molecule has 132 valence electrons. The quantitative estimate of drug-likeness (QED) is 0.346. The van der Waals surface area contributed by atoms with Gasteiger partial charge < -0.3 is 5.11 Å². The van der Waals surface area contributed by atoms with Crippen LogP contribution in [0.5, 0.6) is 5.75 Å². The largest absolute Gasteiger partial charge is 1.00 e. The average Bonchev–Trinajstić information content (AvgIpc) is 2.48. The van der Waals surface area contributed by atoms with Gasteiger partial charge in [-0.3, -0.25) is 4.55 Å². The van der Waals surface area contributed by atoms with Crippen LogP contribution in [-0.4, -0.2) is 13.0 Å². The van der Waals surface area contributed by atoms with Crippen molar-refractivity contribution < 1.29 is 47.6 Å². The van der Waals surface area contributed by atoms with Crippen LogP contribution < -0.4 is 34.7 Å². The molecule has 0 aliphatic rings. The van der Waals surface area contributed by atoms with Crippen LogP contribution in [0.3, 0.4) is 0 Å². The summed E-state index contributed by atoms with van der Waals surface area (Å²) in [5.41, 5.74) is 0.430. The van der Waals surface area contributed by atoms with E-state index >= 15 is 0 Å². The van der Waals surface area contributed by atoms with Gasteiger partial charge in [-0.15, -0.1) is 0 Å². The van der Waals surface area contributed by atoms with Crippen molar-refractivity contribution in [3.8, 4) is 5.75 Å². The molecule has 0 radical (unpaired) electrons. The standard InChI is InChI=1S/C18H30O4S.Na/c1-2-3-4-5-6-7-8-9-10-11-13-16-14-12-15-17(19)18(16)23(20,21)22;/h12,14-15,19H,2-11,13H2,1H3,(H,20,21,22);/q;+1/p-1.